The first kappa shape index (κ1) is 21.1. The molecule has 2 heterocycles. The number of carbonyl (C=O) groups is 1. The average molecular weight is 450 g/mol. The number of anilines is 2. The van der Waals surface area contributed by atoms with Crippen LogP contribution < -0.4 is 10.0 Å². The maximum Gasteiger partial charge on any atom is 0.233 e. The van der Waals surface area contributed by atoms with E-state index in [1.54, 1.807) is 30.9 Å². The molecule has 1 amide bonds. The highest BCUT2D eigenvalue weighted by Crippen LogP contribution is 2.31. The lowest BCUT2D eigenvalue weighted by Crippen LogP contribution is -2.13. The molecule has 1 fully saturated rings. The lowest BCUT2D eigenvalue weighted by Gasteiger charge is -2.06. The van der Waals surface area contributed by atoms with Crippen molar-refractivity contribution in [3.63, 3.8) is 0 Å². The molecule has 2 N–H and O–H groups in total. The van der Waals surface area contributed by atoms with E-state index in [4.69, 9.17) is 11.6 Å². The third kappa shape index (κ3) is 6.16. The Morgan fingerprint density at radius 2 is 1.77 bits per heavy atom. The van der Waals surface area contributed by atoms with E-state index in [2.05, 4.69) is 25.0 Å². The maximum atomic E-state index is 11.6. The van der Waals surface area contributed by atoms with E-state index in [1.165, 1.54) is 11.9 Å². The number of halogens is 1. The predicted octanol–water partition coefficient (Wildman–Crippen LogP) is 5.83. The summed E-state index contributed by atoms with van der Waals surface area (Å²) in [6, 6.07) is 17.5. The molecule has 1 saturated carbocycles. The number of nitrogens with one attached hydrogen (secondary N) is 2. The van der Waals surface area contributed by atoms with Crippen LogP contribution in [0.25, 0.3) is 10.8 Å². The van der Waals surface area contributed by atoms with Gasteiger partial charge in [0.1, 0.15) is 0 Å². The van der Waals surface area contributed by atoms with E-state index >= 15 is 0 Å². The van der Waals surface area contributed by atoms with Crippen LogP contribution in [-0.4, -0.2) is 20.9 Å². The van der Waals surface area contributed by atoms with Crippen LogP contribution >= 0.6 is 23.5 Å². The second kappa shape index (κ2) is 10.2. The summed E-state index contributed by atoms with van der Waals surface area (Å²) in [6.45, 7) is 0. The standard InChI is InChI=1S/C13H11ClN2O.C10H9N3S/c14-12-7-15-6-9-3-4-10(5-11(9)12)16-13(17)8-1-2-8;1-2-5-9(6-3-1)14-13-10-11-7-4-8-12-10/h3-8H,1-2H2,(H,16,17);1-8H,(H,11,12,13). The second-order valence-electron chi connectivity index (χ2n) is 6.91. The highest BCUT2D eigenvalue weighted by molar-refractivity contribution is 8.00. The highest BCUT2D eigenvalue weighted by Gasteiger charge is 2.29. The molecular weight excluding hydrogens is 430 g/mol. The first-order valence-electron chi connectivity index (χ1n) is 9.78. The second-order valence-corrected chi connectivity index (χ2v) is 8.20. The Hall–Kier alpha value is -3.16. The van der Waals surface area contributed by atoms with Crippen LogP contribution in [0.1, 0.15) is 12.8 Å². The Kier molecular flexibility index (Phi) is 6.96. The summed E-state index contributed by atoms with van der Waals surface area (Å²) in [5, 5.41) is 5.39. The zero-order valence-corrected chi connectivity index (χ0v) is 18.1. The van der Waals surface area contributed by atoms with Gasteiger partial charge >= 0.3 is 0 Å². The molecular formula is C23H20ClN5OS. The zero-order chi connectivity index (χ0) is 21.5. The highest BCUT2D eigenvalue weighted by atomic mass is 35.5. The molecule has 5 rings (SSSR count). The van der Waals surface area contributed by atoms with Gasteiger partial charge in [-0.05, 0) is 55.1 Å². The van der Waals surface area contributed by atoms with Gasteiger partial charge in [-0.1, -0.05) is 35.9 Å². The minimum atomic E-state index is 0.106. The number of nitrogens with zero attached hydrogens (tertiary/aromatic N) is 3. The van der Waals surface area contributed by atoms with Crippen LogP contribution in [0.3, 0.4) is 0 Å². The average Bonchev–Trinajstić information content (AvgIpc) is 3.66. The number of hydrogen-bond acceptors (Lipinski definition) is 6. The molecule has 0 bridgehead atoms. The van der Waals surface area contributed by atoms with Crippen LogP contribution in [0.15, 0.2) is 84.3 Å². The van der Waals surface area contributed by atoms with Crippen LogP contribution in [0.2, 0.25) is 5.02 Å². The van der Waals surface area contributed by atoms with Crippen LogP contribution in [0.5, 0.6) is 0 Å². The van der Waals surface area contributed by atoms with Crippen molar-refractivity contribution in [2.75, 3.05) is 10.0 Å². The van der Waals surface area contributed by atoms with Gasteiger partial charge in [0.15, 0.2) is 0 Å². The smallest absolute Gasteiger partial charge is 0.233 e. The van der Waals surface area contributed by atoms with Gasteiger partial charge in [-0.2, -0.15) is 0 Å². The number of fused-ring (bicyclic) bond motifs is 1. The minimum absolute atomic E-state index is 0.106. The SMILES string of the molecule is O=C(Nc1ccc2cncc(Cl)c2c1)C1CC1.c1ccc(SNc2ncccn2)cc1. The van der Waals surface area contributed by atoms with E-state index < -0.39 is 0 Å². The number of amides is 1. The van der Waals surface area contributed by atoms with Crippen LogP contribution in [0, 0.1) is 5.92 Å². The van der Waals surface area contributed by atoms with Crippen molar-refractivity contribution < 1.29 is 4.79 Å². The van der Waals surface area contributed by atoms with Gasteiger partial charge < -0.3 is 5.32 Å². The summed E-state index contributed by atoms with van der Waals surface area (Å²) in [7, 11) is 0. The summed E-state index contributed by atoms with van der Waals surface area (Å²) in [5.41, 5.74) is 0.794. The Balaban J connectivity index is 0.000000152. The van der Waals surface area contributed by atoms with E-state index in [9.17, 15) is 4.79 Å². The molecule has 2 aromatic heterocycles. The number of carbonyl (C=O) groups excluding carboxylic acids is 1. The largest absolute Gasteiger partial charge is 0.326 e. The molecule has 4 aromatic rings. The van der Waals surface area contributed by atoms with E-state index in [0.29, 0.717) is 11.0 Å². The van der Waals surface area contributed by atoms with Crippen molar-refractivity contribution in [2.24, 2.45) is 5.92 Å². The fraction of sp³-hybridized carbons (Fsp3) is 0.130. The third-order valence-electron chi connectivity index (χ3n) is 4.50. The number of hydrogen-bond donors (Lipinski definition) is 2. The molecule has 8 heteroatoms. The summed E-state index contributed by atoms with van der Waals surface area (Å²) in [5.74, 6) is 0.939. The number of aromatic nitrogens is 3. The predicted molar refractivity (Wildman–Crippen MR) is 126 cm³/mol. The fourth-order valence-electron chi connectivity index (χ4n) is 2.74. The Morgan fingerprint density at radius 3 is 2.52 bits per heavy atom. The van der Waals surface area contributed by atoms with Crippen molar-refractivity contribution in [1.82, 2.24) is 15.0 Å². The van der Waals surface area contributed by atoms with Crippen molar-refractivity contribution in [3.8, 4) is 0 Å². The summed E-state index contributed by atoms with van der Waals surface area (Å²) < 4.78 is 3.06. The maximum absolute atomic E-state index is 11.6. The summed E-state index contributed by atoms with van der Waals surface area (Å²) in [6.07, 6.45) is 8.79. The lowest BCUT2D eigenvalue weighted by atomic mass is 10.1. The minimum Gasteiger partial charge on any atom is -0.326 e. The zero-order valence-electron chi connectivity index (χ0n) is 16.5. The van der Waals surface area contributed by atoms with E-state index in [-0.39, 0.29) is 11.8 Å². The summed E-state index contributed by atoms with van der Waals surface area (Å²) in [4.78, 5) is 24.9. The lowest BCUT2D eigenvalue weighted by molar-refractivity contribution is -0.117. The topological polar surface area (TPSA) is 79.8 Å². The summed E-state index contributed by atoms with van der Waals surface area (Å²) >= 11 is 7.56. The van der Waals surface area contributed by atoms with E-state index in [1.807, 2.05) is 48.5 Å². The number of benzene rings is 2. The Morgan fingerprint density at radius 1 is 1.00 bits per heavy atom. The molecule has 156 valence electrons. The molecule has 1 aliphatic carbocycles. The van der Waals surface area contributed by atoms with Crippen molar-refractivity contribution in [1.29, 1.82) is 0 Å². The Labute approximate surface area is 189 Å². The van der Waals surface area contributed by atoms with Crippen molar-refractivity contribution >= 4 is 51.9 Å². The van der Waals surface area contributed by atoms with Gasteiger partial charge in [-0.25, -0.2) is 9.97 Å². The molecule has 0 unspecified atom stereocenters. The number of rotatable bonds is 5. The molecule has 1 aliphatic rings. The number of pyridine rings is 1. The molecule has 6 nitrogen and oxygen atoms in total. The van der Waals surface area contributed by atoms with Gasteiger partial charge in [0.05, 0.1) is 5.02 Å². The first-order chi connectivity index (χ1) is 15.2. The van der Waals surface area contributed by atoms with Crippen LogP contribution in [0.4, 0.5) is 11.6 Å². The molecule has 0 aliphatic heterocycles. The van der Waals surface area contributed by atoms with Gasteiger partial charge in [0.25, 0.3) is 0 Å². The van der Waals surface area contributed by atoms with Crippen LogP contribution in [-0.2, 0) is 4.79 Å². The van der Waals surface area contributed by atoms with Gasteiger partial charge in [0.2, 0.25) is 11.9 Å². The molecule has 31 heavy (non-hydrogen) atoms. The molecule has 0 spiro atoms. The first-order valence-corrected chi connectivity index (χ1v) is 11.0. The quantitative estimate of drug-likeness (QED) is 0.373. The van der Waals surface area contributed by atoms with E-state index in [0.717, 1.165) is 34.2 Å². The van der Waals surface area contributed by atoms with Crippen molar-refractivity contribution in [2.45, 2.75) is 17.7 Å². The fourth-order valence-corrected chi connectivity index (χ4v) is 3.57. The Bertz CT molecular complexity index is 1120. The molecule has 0 saturated heterocycles. The third-order valence-corrected chi connectivity index (χ3v) is 5.59. The van der Waals surface area contributed by atoms with Gasteiger partial charge in [-0.3, -0.25) is 14.5 Å². The van der Waals surface area contributed by atoms with Gasteiger partial charge in [0, 0.05) is 52.1 Å². The molecule has 2 aromatic carbocycles. The van der Waals surface area contributed by atoms with Crippen molar-refractivity contribution in [3.05, 3.63) is 84.4 Å². The monoisotopic (exact) mass is 449 g/mol. The molecule has 0 radical (unpaired) electrons. The normalized spacial score (nSPS) is 12.5. The molecule has 0 atom stereocenters. The van der Waals surface area contributed by atoms with Gasteiger partial charge in [-0.15, -0.1) is 0 Å².